The van der Waals surface area contributed by atoms with Gasteiger partial charge >= 0.3 is 5.97 Å². The third-order valence-corrected chi connectivity index (χ3v) is 4.68. The summed E-state index contributed by atoms with van der Waals surface area (Å²) in [6.45, 7) is 3.05. The van der Waals surface area contributed by atoms with Crippen LogP contribution in [-0.2, 0) is 19.1 Å². The molecule has 0 unspecified atom stereocenters. The zero-order valence-electron chi connectivity index (χ0n) is 22.0. The van der Waals surface area contributed by atoms with Gasteiger partial charge in [0, 0.05) is 31.7 Å². The summed E-state index contributed by atoms with van der Waals surface area (Å²) in [5.41, 5.74) is 0. The number of amides is 2. The quantitative estimate of drug-likeness (QED) is 0.0963. The molecule has 0 saturated carbocycles. The van der Waals surface area contributed by atoms with Gasteiger partial charge < -0.3 is 15.4 Å². The molecule has 0 heterocycles. The molecule has 0 rings (SSSR count). The summed E-state index contributed by atoms with van der Waals surface area (Å²) in [5.74, 6) is -0.958. The van der Waals surface area contributed by atoms with Crippen molar-refractivity contribution in [3.05, 3.63) is 85.1 Å². The first kappa shape index (κ1) is 32.6. The fraction of sp³-hybridized carbons (Fsp3) is 0.433. The van der Waals surface area contributed by atoms with Crippen LogP contribution in [-0.4, -0.2) is 38.0 Å². The number of hydrogen-bond acceptors (Lipinski definition) is 4. The molecule has 0 saturated heterocycles. The summed E-state index contributed by atoms with van der Waals surface area (Å²) in [6, 6.07) is 0. The maximum atomic E-state index is 11.8. The summed E-state index contributed by atoms with van der Waals surface area (Å²) in [6.07, 6.45) is 35.7. The van der Waals surface area contributed by atoms with Crippen LogP contribution < -0.4 is 10.6 Å². The van der Waals surface area contributed by atoms with Gasteiger partial charge in [-0.25, -0.2) is 4.79 Å². The Hall–Kier alpha value is -3.41. The number of carbonyl (C=O) groups excluding carboxylic acids is 3. The number of methoxy groups -OCH3 is 1. The normalized spacial score (nSPS) is 12.4. The molecule has 0 atom stereocenters. The van der Waals surface area contributed by atoms with E-state index in [0.717, 1.165) is 50.7 Å². The van der Waals surface area contributed by atoms with Crippen molar-refractivity contribution in [3.8, 4) is 0 Å². The monoisotopic (exact) mass is 496 g/mol. The van der Waals surface area contributed by atoms with E-state index >= 15 is 0 Å². The van der Waals surface area contributed by atoms with Crippen LogP contribution in [0.25, 0.3) is 0 Å². The molecule has 0 aromatic heterocycles. The number of nitrogens with one attached hydrogen (secondary N) is 2. The summed E-state index contributed by atoms with van der Waals surface area (Å²) in [7, 11) is 1.25. The maximum Gasteiger partial charge on any atom is 0.330 e. The van der Waals surface area contributed by atoms with Crippen molar-refractivity contribution in [1.82, 2.24) is 10.6 Å². The molecule has 0 bridgehead atoms. The Balaban J connectivity index is 3.63. The molecule has 0 radical (unpaired) electrons. The van der Waals surface area contributed by atoms with Gasteiger partial charge in [-0.15, -0.1) is 0 Å². The molecule has 0 aliphatic heterocycles. The molecule has 36 heavy (non-hydrogen) atoms. The first-order chi connectivity index (χ1) is 17.6. The molecule has 0 aliphatic rings. The predicted molar refractivity (Wildman–Crippen MR) is 149 cm³/mol. The largest absolute Gasteiger partial charge is 0.466 e. The Bertz CT molecular complexity index is 802. The summed E-state index contributed by atoms with van der Waals surface area (Å²) < 4.78 is 4.40. The molecule has 0 aliphatic carbocycles. The molecular weight excluding hydrogens is 452 g/mol. The fourth-order valence-electron chi connectivity index (χ4n) is 2.74. The van der Waals surface area contributed by atoms with Crippen molar-refractivity contribution in [2.45, 2.75) is 64.7 Å². The third-order valence-electron chi connectivity index (χ3n) is 4.68. The van der Waals surface area contributed by atoms with E-state index in [1.807, 2.05) is 6.08 Å². The predicted octanol–water partition coefficient (Wildman–Crippen LogP) is 5.82. The van der Waals surface area contributed by atoms with E-state index in [0.29, 0.717) is 32.4 Å². The first-order valence-corrected chi connectivity index (χ1v) is 12.8. The zero-order chi connectivity index (χ0) is 26.5. The number of ether oxygens (including phenoxy) is 1. The Kier molecular flexibility index (Phi) is 23.7. The molecular formula is C30H44N2O4. The smallest absolute Gasteiger partial charge is 0.330 e. The van der Waals surface area contributed by atoms with E-state index < -0.39 is 5.97 Å². The van der Waals surface area contributed by atoms with Gasteiger partial charge in [0.2, 0.25) is 11.8 Å². The van der Waals surface area contributed by atoms with E-state index in [-0.39, 0.29) is 11.8 Å². The summed E-state index contributed by atoms with van der Waals surface area (Å²) >= 11 is 0. The molecule has 2 amide bonds. The van der Waals surface area contributed by atoms with E-state index in [4.69, 9.17) is 0 Å². The van der Waals surface area contributed by atoms with Crippen molar-refractivity contribution in [2.75, 3.05) is 20.2 Å². The number of carbonyl (C=O) groups is 3. The lowest BCUT2D eigenvalue weighted by Gasteiger charge is -2.04. The molecule has 0 aromatic carbocycles. The van der Waals surface area contributed by atoms with E-state index in [2.05, 4.69) is 89.1 Å². The van der Waals surface area contributed by atoms with E-state index in [1.54, 1.807) is 0 Å². The number of esters is 1. The van der Waals surface area contributed by atoms with Gasteiger partial charge in [0.1, 0.15) is 0 Å². The van der Waals surface area contributed by atoms with Gasteiger partial charge in [0.05, 0.1) is 7.11 Å². The molecule has 6 nitrogen and oxygen atoms in total. The van der Waals surface area contributed by atoms with Gasteiger partial charge in [0.15, 0.2) is 0 Å². The lowest BCUT2D eigenvalue weighted by Crippen LogP contribution is -2.29. The lowest BCUT2D eigenvalue weighted by molar-refractivity contribution is -0.135. The molecule has 198 valence electrons. The van der Waals surface area contributed by atoms with Crippen molar-refractivity contribution >= 4 is 17.8 Å². The van der Waals surface area contributed by atoms with Crippen LogP contribution in [0, 0.1) is 0 Å². The highest BCUT2D eigenvalue weighted by Crippen LogP contribution is 1.98. The maximum absolute atomic E-state index is 11.8. The Morgan fingerprint density at radius 1 is 0.639 bits per heavy atom. The molecule has 0 aromatic rings. The summed E-state index contributed by atoms with van der Waals surface area (Å²) in [4.78, 5) is 34.1. The minimum absolute atomic E-state index is 0.00792. The van der Waals surface area contributed by atoms with E-state index in [1.165, 1.54) is 7.11 Å². The lowest BCUT2D eigenvalue weighted by atomic mass is 10.2. The van der Waals surface area contributed by atoms with E-state index in [9.17, 15) is 14.4 Å². The second kappa shape index (κ2) is 26.2. The minimum Gasteiger partial charge on any atom is -0.466 e. The standard InChI is InChI=1S/C30H44N2O4/c1-3-4-5-6-7-8-9-10-11-12-13-14-15-16-17-18-19-20-21-23-28(33)31-26-22-27-32-29(34)24-25-30(35)36-2/h4-5,7-8,10-11,13-14,16-17,19-20,24-25H,3,6,9,12,15,18,21-23,26-27H2,1-2H3,(H,31,33)(H,32,34). The molecule has 2 N–H and O–H groups in total. The molecule has 0 spiro atoms. The second-order valence-electron chi connectivity index (χ2n) is 7.80. The first-order valence-electron chi connectivity index (χ1n) is 12.8. The van der Waals surface area contributed by atoms with Crippen LogP contribution in [0.15, 0.2) is 85.1 Å². The van der Waals surface area contributed by atoms with Crippen molar-refractivity contribution in [2.24, 2.45) is 0 Å². The average molecular weight is 497 g/mol. The van der Waals surface area contributed by atoms with Gasteiger partial charge in [-0.05, 0) is 51.4 Å². The van der Waals surface area contributed by atoms with Crippen LogP contribution in [0.1, 0.15) is 64.7 Å². The highest BCUT2D eigenvalue weighted by molar-refractivity contribution is 5.94. The Morgan fingerprint density at radius 2 is 1.11 bits per heavy atom. The minimum atomic E-state index is -0.579. The van der Waals surface area contributed by atoms with Crippen LogP contribution in [0.4, 0.5) is 0 Å². The highest BCUT2D eigenvalue weighted by atomic mass is 16.5. The van der Waals surface area contributed by atoms with Crippen LogP contribution in [0.5, 0.6) is 0 Å². The van der Waals surface area contributed by atoms with Crippen LogP contribution >= 0.6 is 0 Å². The third kappa shape index (κ3) is 25.2. The van der Waals surface area contributed by atoms with Crippen LogP contribution in [0.3, 0.4) is 0 Å². The molecule has 0 fully saturated rings. The number of hydrogen-bond donors (Lipinski definition) is 2. The second-order valence-corrected chi connectivity index (χ2v) is 7.80. The SMILES string of the molecule is CCC=CCC=CCC=CCC=CCC=CCC=CCCC(=O)NCCCNC(=O)C=CC(=O)OC. The number of rotatable bonds is 20. The topological polar surface area (TPSA) is 84.5 Å². The van der Waals surface area contributed by atoms with Gasteiger partial charge in [-0.1, -0.05) is 79.8 Å². The highest BCUT2D eigenvalue weighted by Gasteiger charge is 2.00. The van der Waals surface area contributed by atoms with Gasteiger partial charge in [0.25, 0.3) is 0 Å². The van der Waals surface area contributed by atoms with Crippen LogP contribution in [0.2, 0.25) is 0 Å². The average Bonchev–Trinajstić information content (AvgIpc) is 2.88. The van der Waals surface area contributed by atoms with Crippen molar-refractivity contribution < 1.29 is 19.1 Å². The summed E-state index contributed by atoms with van der Waals surface area (Å²) in [5, 5.41) is 5.46. The Labute approximate surface area is 217 Å². The van der Waals surface area contributed by atoms with Gasteiger partial charge in [-0.3, -0.25) is 9.59 Å². The fourth-order valence-corrected chi connectivity index (χ4v) is 2.74. The van der Waals surface area contributed by atoms with Gasteiger partial charge in [-0.2, -0.15) is 0 Å². The number of allylic oxidation sites excluding steroid dienone is 12. The van der Waals surface area contributed by atoms with Crippen molar-refractivity contribution in [1.29, 1.82) is 0 Å². The zero-order valence-corrected chi connectivity index (χ0v) is 22.0. The van der Waals surface area contributed by atoms with Crippen molar-refractivity contribution in [3.63, 3.8) is 0 Å². The molecule has 6 heteroatoms. The Morgan fingerprint density at radius 3 is 1.61 bits per heavy atom.